The second-order valence-electron chi connectivity index (χ2n) is 3.20. The van der Waals surface area contributed by atoms with E-state index in [-0.39, 0.29) is 0 Å². The van der Waals surface area contributed by atoms with Crippen LogP contribution < -0.4 is 5.32 Å². The third-order valence-corrected chi connectivity index (χ3v) is 2.20. The number of rotatable bonds is 2. The largest absolute Gasteiger partial charge is 0.480 e. The molecule has 0 unspecified atom stereocenters. The highest BCUT2D eigenvalue weighted by molar-refractivity contribution is 5.84. The lowest BCUT2D eigenvalue weighted by Crippen LogP contribution is -2.35. The number of ether oxygens (including phenoxy) is 1. The quantitative estimate of drug-likeness (QED) is 0.756. The van der Waals surface area contributed by atoms with E-state index in [0.717, 1.165) is 0 Å². The normalized spacial score (nSPS) is 24.4. The van der Waals surface area contributed by atoms with Gasteiger partial charge in [0.1, 0.15) is 0 Å². The summed E-state index contributed by atoms with van der Waals surface area (Å²) < 4.78 is 4.89. The van der Waals surface area contributed by atoms with Crippen LogP contribution in [0, 0.1) is 0 Å². The average molecular weight is 207 g/mol. The number of carbonyl (C=O) groups is 2. The van der Waals surface area contributed by atoms with E-state index in [1.54, 1.807) is 24.3 Å². The number of hydrogen-bond donors (Lipinski definition) is 2. The summed E-state index contributed by atoms with van der Waals surface area (Å²) in [4.78, 5) is 21.8. The Morgan fingerprint density at radius 2 is 2.00 bits per heavy atom. The molecule has 2 rings (SSSR count). The fourth-order valence-electron chi connectivity index (χ4n) is 1.51. The zero-order valence-corrected chi connectivity index (χ0v) is 7.71. The summed E-state index contributed by atoms with van der Waals surface area (Å²) in [6.45, 7) is 0. The van der Waals surface area contributed by atoms with Gasteiger partial charge in [0, 0.05) is 0 Å². The van der Waals surface area contributed by atoms with Gasteiger partial charge in [0.2, 0.25) is 0 Å². The Balaban J connectivity index is 2.28. The van der Waals surface area contributed by atoms with Crippen LogP contribution in [-0.4, -0.2) is 23.2 Å². The topological polar surface area (TPSA) is 75.6 Å². The summed E-state index contributed by atoms with van der Waals surface area (Å²) in [7, 11) is 0. The zero-order valence-electron chi connectivity index (χ0n) is 7.71. The van der Waals surface area contributed by atoms with E-state index in [0.29, 0.717) is 5.56 Å². The van der Waals surface area contributed by atoms with Crippen LogP contribution in [0.3, 0.4) is 0 Å². The van der Waals surface area contributed by atoms with Gasteiger partial charge in [-0.15, -0.1) is 0 Å². The van der Waals surface area contributed by atoms with Gasteiger partial charge in [-0.3, -0.25) is 0 Å². The molecule has 2 atom stereocenters. The van der Waals surface area contributed by atoms with Crippen molar-refractivity contribution >= 4 is 12.1 Å². The van der Waals surface area contributed by atoms with E-state index < -0.39 is 24.2 Å². The molecular weight excluding hydrogens is 198 g/mol. The summed E-state index contributed by atoms with van der Waals surface area (Å²) in [6, 6.07) is 7.77. The van der Waals surface area contributed by atoms with Crippen molar-refractivity contribution in [1.82, 2.24) is 5.32 Å². The molecule has 1 amide bonds. The van der Waals surface area contributed by atoms with Gasteiger partial charge in [-0.25, -0.2) is 9.59 Å². The molecule has 0 bridgehead atoms. The number of nitrogens with one attached hydrogen (secondary N) is 1. The first-order valence-corrected chi connectivity index (χ1v) is 4.43. The first kappa shape index (κ1) is 9.51. The predicted octanol–water partition coefficient (Wildman–Crippen LogP) is 0.921. The lowest BCUT2D eigenvalue weighted by molar-refractivity contribution is -0.140. The Morgan fingerprint density at radius 3 is 2.60 bits per heavy atom. The molecule has 5 nitrogen and oxygen atoms in total. The van der Waals surface area contributed by atoms with Crippen molar-refractivity contribution in [3.05, 3.63) is 35.9 Å². The Bertz CT molecular complexity index is 390. The highest BCUT2D eigenvalue weighted by Crippen LogP contribution is 2.25. The molecule has 1 fully saturated rings. The number of aliphatic carboxylic acids is 1. The highest BCUT2D eigenvalue weighted by Gasteiger charge is 2.40. The Morgan fingerprint density at radius 1 is 1.33 bits per heavy atom. The minimum absolute atomic E-state index is 0.670. The van der Waals surface area contributed by atoms with Crippen LogP contribution in [0.2, 0.25) is 0 Å². The van der Waals surface area contributed by atoms with Crippen molar-refractivity contribution in [3.63, 3.8) is 0 Å². The number of alkyl carbamates (subject to hydrolysis) is 1. The molecule has 1 aromatic rings. The average Bonchev–Trinajstić information content (AvgIpc) is 2.62. The van der Waals surface area contributed by atoms with Gasteiger partial charge in [-0.2, -0.15) is 0 Å². The molecule has 1 aliphatic heterocycles. The first-order chi connectivity index (χ1) is 7.18. The fraction of sp³-hybridized carbons (Fsp3) is 0.200. The van der Waals surface area contributed by atoms with Crippen LogP contribution in [-0.2, 0) is 9.53 Å². The summed E-state index contributed by atoms with van der Waals surface area (Å²) in [5.74, 6) is -1.10. The van der Waals surface area contributed by atoms with Crippen molar-refractivity contribution in [2.75, 3.05) is 0 Å². The second kappa shape index (κ2) is 3.61. The summed E-state index contributed by atoms with van der Waals surface area (Å²) in [5, 5.41) is 11.1. The Labute approximate surface area is 85.7 Å². The zero-order chi connectivity index (χ0) is 10.8. The van der Waals surface area contributed by atoms with Crippen molar-refractivity contribution in [2.24, 2.45) is 0 Å². The highest BCUT2D eigenvalue weighted by atomic mass is 16.6. The molecule has 0 aromatic heterocycles. The fourth-order valence-corrected chi connectivity index (χ4v) is 1.51. The number of benzene rings is 1. The molecular formula is C10H9NO4. The molecule has 1 heterocycles. The van der Waals surface area contributed by atoms with Crippen LogP contribution in [0.5, 0.6) is 0 Å². The van der Waals surface area contributed by atoms with E-state index in [9.17, 15) is 9.59 Å². The number of hydrogen-bond acceptors (Lipinski definition) is 3. The van der Waals surface area contributed by atoms with Crippen molar-refractivity contribution in [2.45, 2.75) is 12.1 Å². The number of amides is 1. The predicted molar refractivity (Wildman–Crippen MR) is 50.2 cm³/mol. The lowest BCUT2D eigenvalue weighted by Gasteiger charge is -2.12. The molecule has 1 aliphatic rings. The molecule has 0 saturated carbocycles. The number of carboxylic acid groups (broad SMARTS) is 1. The molecule has 0 radical (unpaired) electrons. The van der Waals surface area contributed by atoms with Crippen molar-refractivity contribution < 1.29 is 19.4 Å². The van der Waals surface area contributed by atoms with Gasteiger partial charge >= 0.3 is 12.1 Å². The van der Waals surface area contributed by atoms with Gasteiger partial charge in [-0.05, 0) is 5.56 Å². The first-order valence-electron chi connectivity index (χ1n) is 4.43. The van der Waals surface area contributed by atoms with Crippen LogP contribution >= 0.6 is 0 Å². The third-order valence-electron chi connectivity index (χ3n) is 2.20. The van der Waals surface area contributed by atoms with Gasteiger partial charge in [0.15, 0.2) is 12.1 Å². The van der Waals surface area contributed by atoms with E-state index >= 15 is 0 Å². The maximum Gasteiger partial charge on any atom is 0.408 e. The molecule has 1 saturated heterocycles. The number of carboxylic acids is 1. The summed E-state index contributed by atoms with van der Waals surface area (Å²) >= 11 is 0. The van der Waals surface area contributed by atoms with Gasteiger partial charge in [0.25, 0.3) is 0 Å². The number of cyclic esters (lactones) is 1. The van der Waals surface area contributed by atoms with Crippen LogP contribution in [0.4, 0.5) is 4.79 Å². The van der Waals surface area contributed by atoms with Gasteiger partial charge in [-0.1, -0.05) is 30.3 Å². The maximum absolute atomic E-state index is 10.9. The standard InChI is InChI=1S/C10H9NO4/c12-9(13)7-8(15-10(14)11-7)6-4-2-1-3-5-6/h1-5,7-8H,(H,11,14)(H,12,13)/t7-,8+/m0/s1. The minimum Gasteiger partial charge on any atom is -0.480 e. The van der Waals surface area contributed by atoms with E-state index in [1.807, 2.05) is 6.07 Å². The van der Waals surface area contributed by atoms with Crippen LogP contribution in [0.15, 0.2) is 30.3 Å². The Hall–Kier alpha value is -2.04. The SMILES string of the molecule is O=C1N[C@H](C(=O)O)[C@@H](c2ccccc2)O1. The molecule has 15 heavy (non-hydrogen) atoms. The minimum atomic E-state index is -1.10. The van der Waals surface area contributed by atoms with Crippen molar-refractivity contribution in [3.8, 4) is 0 Å². The van der Waals surface area contributed by atoms with Crippen LogP contribution in [0.1, 0.15) is 11.7 Å². The van der Waals surface area contributed by atoms with Gasteiger partial charge in [0.05, 0.1) is 0 Å². The molecule has 2 N–H and O–H groups in total. The van der Waals surface area contributed by atoms with Crippen LogP contribution in [0.25, 0.3) is 0 Å². The van der Waals surface area contributed by atoms with E-state index in [2.05, 4.69) is 5.32 Å². The van der Waals surface area contributed by atoms with E-state index in [1.165, 1.54) is 0 Å². The summed E-state index contributed by atoms with van der Waals surface area (Å²) in [5.41, 5.74) is 0.670. The van der Waals surface area contributed by atoms with Crippen molar-refractivity contribution in [1.29, 1.82) is 0 Å². The second-order valence-corrected chi connectivity index (χ2v) is 3.20. The Kier molecular flexibility index (Phi) is 2.29. The van der Waals surface area contributed by atoms with Gasteiger partial charge < -0.3 is 15.2 Å². The smallest absolute Gasteiger partial charge is 0.408 e. The molecule has 0 aliphatic carbocycles. The third kappa shape index (κ3) is 1.76. The summed E-state index contributed by atoms with van der Waals surface area (Å²) in [6.07, 6.45) is -1.45. The monoisotopic (exact) mass is 207 g/mol. The lowest BCUT2D eigenvalue weighted by atomic mass is 10.0. The maximum atomic E-state index is 10.9. The molecule has 0 spiro atoms. The molecule has 5 heteroatoms. The van der Waals surface area contributed by atoms with E-state index in [4.69, 9.17) is 9.84 Å². The number of carbonyl (C=O) groups excluding carboxylic acids is 1. The molecule has 78 valence electrons. The molecule has 1 aromatic carbocycles.